The molecular formula is C16H26N2O2. The van der Waals surface area contributed by atoms with Crippen LogP contribution in [-0.4, -0.2) is 37.9 Å². The number of piperidine rings is 1. The predicted molar refractivity (Wildman–Crippen MR) is 81.3 cm³/mol. The largest absolute Gasteiger partial charge is 0.493 e. The van der Waals surface area contributed by atoms with Gasteiger partial charge in [-0.1, -0.05) is 12.5 Å². The molecule has 2 rings (SSSR count). The van der Waals surface area contributed by atoms with E-state index in [1.165, 1.54) is 24.8 Å². The van der Waals surface area contributed by atoms with E-state index in [2.05, 4.69) is 11.0 Å². The molecule has 4 heteroatoms. The zero-order valence-corrected chi connectivity index (χ0v) is 12.6. The molecule has 4 nitrogen and oxygen atoms in total. The Labute approximate surface area is 121 Å². The van der Waals surface area contributed by atoms with Gasteiger partial charge in [-0.2, -0.15) is 0 Å². The van der Waals surface area contributed by atoms with Gasteiger partial charge in [0.15, 0.2) is 11.5 Å². The summed E-state index contributed by atoms with van der Waals surface area (Å²) in [5.74, 6) is 1.60. The Morgan fingerprint density at radius 2 is 1.95 bits per heavy atom. The molecule has 20 heavy (non-hydrogen) atoms. The number of hydrogen-bond donors (Lipinski definition) is 1. The fourth-order valence-electron chi connectivity index (χ4n) is 2.58. The van der Waals surface area contributed by atoms with Crippen molar-refractivity contribution >= 4 is 0 Å². The van der Waals surface area contributed by atoms with Crippen molar-refractivity contribution in [3.05, 3.63) is 23.8 Å². The number of hydrogen-bond acceptors (Lipinski definition) is 4. The molecule has 1 saturated heterocycles. The third-order valence-corrected chi connectivity index (χ3v) is 3.64. The van der Waals surface area contributed by atoms with E-state index in [0.717, 1.165) is 31.0 Å². The highest BCUT2D eigenvalue weighted by Gasteiger charge is 2.12. The fraction of sp³-hybridized carbons (Fsp3) is 0.625. The Morgan fingerprint density at radius 3 is 2.60 bits per heavy atom. The summed E-state index contributed by atoms with van der Waals surface area (Å²) in [5, 5.41) is 0. The van der Waals surface area contributed by atoms with E-state index in [4.69, 9.17) is 15.2 Å². The van der Waals surface area contributed by atoms with E-state index in [0.29, 0.717) is 6.73 Å². The zero-order chi connectivity index (χ0) is 14.4. The highest BCUT2D eigenvalue weighted by molar-refractivity contribution is 5.43. The van der Waals surface area contributed by atoms with Gasteiger partial charge >= 0.3 is 0 Å². The first-order valence-electron chi connectivity index (χ1n) is 7.46. The lowest BCUT2D eigenvalue weighted by molar-refractivity contribution is 0.104. The molecule has 0 spiro atoms. The lowest BCUT2D eigenvalue weighted by Gasteiger charge is -2.26. The molecule has 0 bridgehead atoms. The van der Waals surface area contributed by atoms with Crippen LogP contribution in [0.3, 0.4) is 0 Å². The van der Waals surface area contributed by atoms with Gasteiger partial charge in [0.1, 0.15) is 6.73 Å². The highest BCUT2D eigenvalue weighted by atomic mass is 16.5. The molecule has 0 aliphatic carbocycles. The van der Waals surface area contributed by atoms with Crippen LogP contribution < -0.4 is 15.2 Å². The molecule has 0 radical (unpaired) electrons. The second-order valence-electron chi connectivity index (χ2n) is 5.62. The van der Waals surface area contributed by atoms with Crippen LogP contribution >= 0.6 is 0 Å². The third-order valence-electron chi connectivity index (χ3n) is 3.64. The van der Waals surface area contributed by atoms with Gasteiger partial charge < -0.3 is 15.2 Å². The summed E-state index contributed by atoms with van der Waals surface area (Å²) in [6, 6.07) is 6.23. The summed E-state index contributed by atoms with van der Waals surface area (Å²) in [5.41, 5.74) is 7.01. The second-order valence-corrected chi connectivity index (χ2v) is 5.62. The number of rotatable bonds is 6. The minimum Gasteiger partial charge on any atom is -0.493 e. The van der Waals surface area contributed by atoms with Crippen LogP contribution in [0.1, 0.15) is 31.7 Å². The lowest BCUT2D eigenvalue weighted by atomic mass is 10.1. The molecule has 1 atom stereocenters. The number of ether oxygens (including phenoxy) is 2. The number of nitrogens with two attached hydrogens (primary N) is 1. The summed E-state index contributed by atoms with van der Waals surface area (Å²) in [7, 11) is 1.68. The summed E-state index contributed by atoms with van der Waals surface area (Å²) in [6.45, 7) is 4.91. The molecule has 2 N–H and O–H groups in total. The molecule has 0 saturated carbocycles. The highest BCUT2D eigenvalue weighted by Crippen LogP contribution is 2.28. The summed E-state index contributed by atoms with van der Waals surface area (Å²) < 4.78 is 11.3. The first kappa shape index (κ1) is 15.1. The Bertz CT molecular complexity index is 415. The number of benzene rings is 1. The minimum atomic E-state index is 0.153. The molecule has 1 fully saturated rings. The molecule has 112 valence electrons. The normalized spacial score (nSPS) is 17.8. The molecule has 1 aliphatic rings. The Hall–Kier alpha value is -1.26. The molecule has 1 aromatic rings. The van der Waals surface area contributed by atoms with Crippen molar-refractivity contribution in [2.75, 3.05) is 26.9 Å². The van der Waals surface area contributed by atoms with Crippen molar-refractivity contribution < 1.29 is 9.47 Å². The van der Waals surface area contributed by atoms with Gasteiger partial charge in [0.05, 0.1) is 7.11 Å². The summed E-state index contributed by atoms with van der Waals surface area (Å²) in [6.07, 6.45) is 4.73. The Balaban J connectivity index is 1.95. The van der Waals surface area contributed by atoms with Crippen LogP contribution in [0, 0.1) is 0 Å². The van der Waals surface area contributed by atoms with Gasteiger partial charge in [-0.05, 0) is 43.9 Å². The van der Waals surface area contributed by atoms with E-state index in [-0.39, 0.29) is 6.04 Å². The van der Waals surface area contributed by atoms with Crippen LogP contribution in [0.4, 0.5) is 0 Å². The molecule has 1 unspecified atom stereocenters. The quantitative estimate of drug-likeness (QED) is 0.868. The van der Waals surface area contributed by atoms with E-state index in [9.17, 15) is 0 Å². The van der Waals surface area contributed by atoms with Crippen LogP contribution in [0.5, 0.6) is 11.5 Å². The monoisotopic (exact) mass is 278 g/mol. The van der Waals surface area contributed by atoms with Crippen LogP contribution in [0.2, 0.25) is 0 Å². The van der Waals surface area contributed by atoms with Gasteiger partial charge in [0.2, 0.25) is 0 Å². The van der Waals surface area contributed by atoms with Crippen LogP contribution in [-0.2, 0) is 6.42 Å². The standard InChI is InChI=1S/C16H26N2O2/c1-13(17)10-14-6-7-15(16(11-14)19-2)20-12-18-8-4-3-5-9-18/h6-7,11,13H,3-5,8-10,12,17H2,1-2H3. The van der Waals surface area contributed by atoms with Crippen LogP contribution in [0.15, 0.2) is 18.2 Å². The van der Waals surface area contributed by atoms with Gasteiger partial charge in [-0.3, -0.25) is 4.90 Å². The SMILES string of the molecule is COc1cc(CC(C)N)ccc1OCN1CCCCC1. The van der Waals surface area contributed by atoms with Crippen molar-refractivity contribution in [1.29, 1.82) is 0 Å². The van der Waals surface area contributed by atoms with Crippen molar-refractivity contribution in [2.45, 2.75) is 38.6 Å². The molecule has 0 aromatic heterocycles. The fourth-order valence-corrected chi connectivity index (χ4v) is 2.58. The van der Waals surface area contributed by atoms with Crippen molar-refractivity contribution in [2.24, 2.45) is 5.73 Å². The summed E-state index contributed by atoms with van der Waals surface area (Å²) >= 11 is 0. The minimum absolute atomic E-state index is 0.153. The topological polar surface area (TPSA) is 47.7 Å². The average Bonchev–Trinajstić information content (AvgIpc) is 2.46. The van der Waals surface area contributed by atoms with Crippen molar-refractivity contribution in [3.63, 3.8) is 0 Å². The molecule has 1 aromatic carbocycles. The molecule has 1 aliphatic heterocycles. The first-order valence-corrected chi connectivity index (χ1v) is 7.46. The van der Waals surface area contributed by atoms with Crippen LogP contribution in [0.25, 0.3) is 0 Å². The molecular weight excluding hydrogens is 252 g/mol. The molecule has 1 heterocycles. The van der Waals surface area contributed by atoms with E-state index in [1.807, 2.05) is 19.1 Å². The number of nitrogens with zero attached hydrogens (tertiary/aromatic N) is 1. The first-order chi connectivity index (χ1) is 9.69. The lowest BCUT2D eigenvalue weighted by Crippen LogP contribution is -2.33. The maximum atomic E-state index is 5.90. The third kappa shape index (κ3) is 4.39. The Morgan fingerprint density at radius 1 is 1.20 bits per heavy atom. The molecule has 0 amide bonds. The number of methoxy groups -OCH3 is 1. The van der Waals surface area contributed by atoms with E-state index < -0.39 is 0 Å². The summed E-state index contributed by atoms with van der Waals surface area (Å²) in [4.78, 5) is 2.35. The Kier molecular flexibility index (Phi) is 5.68. The van der Waals surface area contributed by atoms with Gasteiger partial charge in [0.25, 0.3) is 0 Å². The smallest absolute Gasteiger partial charge is 0.163 e. The number of likely N-dealkylation sites (tertiary alicyclic amines) is 1. The average molecular weight is 278 g/mol. The maximum absolute atomic E-state index is 5.90. The van der Waals surface area contributed by atoms with Gasteiger partial charge in [-0.15, -0.1) is 0 Å². The zero-order valence-electron chi connectivity index (χ0n) is 12.6. The maximum Gasteiger partial charge on any atom is 0.163 e. The van der Waals surface area contributed by atoms with E-state index >= 15 is 0 Å². The predicted octanol–water partition coefficient (Wildman–Crippen LogP) is 2.41. The second kappa shape index (κ2) is 7.50. The van der Waals surface area contributed by atoms with Crippen molar-refractivity contribution in [3.8, 4) is 11.5 Å². The van der Waals surface area contributed by atoms with Crippen molar-refractivity contribution in [1.82, 2.24) is 4.90 Å². The van der Waals surface area contributed by atoms with Gasteiger partial charge in [0, 0.05) is 19.1 Å². The van der Waals surface area contributed by atoms with E-state index in [1.54, 1.807) is 7.11 Å². The van der Waals surface area contributed by atoms with Gasteiger partial charge in [-0.25, -0.2) is 0 Å².